The molecule has 1 aromatic carbocycles. The zero-order chi connectivity index (χ0) is 18.8. The fourth-order valence-electron chi connectivity index (χ4n) is 3.58. The van der Waals surface area contributed by atoms with E-state index in [9.17, 15) is 4.79 Å². The second-order valence-corrected chi connectivity index (χ2v) is 8.99. The molecule has 0 spiro atoms. The summed E-state index contributed by atoms with van der Waals surface area (Å²) in [6.45, 7) is 4.05. The van der Waals surface area contributed by atoms with E-state index < -0.39 is 0 Å². The average molecular weight is 402 g/mol. The third kappa shape index (κ3) is 4.16. The van der Waals surface area contributed by atoms with E-state index in [-0.39, 0.29) is 5.91 Å². The molecule has 8 heteroatoms. The number of carbonyl (C=O) groups excluding carboxylic acids is 1. The van der Waals surface area contributed by atoms with Crippen molar-refractivity contribution in [1.29, 1.82) is 0 Å². The summed E-state index contributed by atoms with van der Waals surface area (Å²) in [4.78, 5) is 16.9. The SMILES string of the molecule is Cc1ccc2nc(NC(=O)CSc3nnc(C)n3C3CCCCC3)sc2c1. The lowest BCUT2D eigenvalue weighted by Gasteiger charge is -2.24. The molecule has 4 rings (SSSR count). The zero-order valence-electron chi connectivity index (χ0n) is 15.6. The number of fused-ring (bicyclic) bond motifs is 1. The molecule has 2 heterocycles. The first-order chi connectivity index (χ1) is 13.1. The maximum atomic E-state index is 12.4. The van der Waals surface area contributed by atoms with Crippen molar-refractivity contribution in [2.75, 3.05) is 11.1 Å². The monoisotopic (exact) mass is 401 g/mol. The summed E-state index contributed by atoms with van der Waals surface area (Å²) in [6.07, 6.45) is 6.16. The highest BCUT2D eigenvalue weighted by Crippen LogP contribution is 2.32. The number of amides is 1. The predicted molar refractivity (Wildman–Crippen MR) is 111 cm³/mol. The summed E-state index contributed by atoms with van der Waals surface area (Å²) in [6, 6.07) is 6.57. The number of thioether (sulfide) groups is 1. The van der Waals surface area contributed by atoms with Crippen LogP contribution < -0.4 is 5.32 Å². The maximum absolute atomic E-state index is 12.4. The van der Waals surface area contributed by atoms with Gasteiger partial charge in [0.2, 0.25) is 5.91 Å². The molecule has 2 aromatic heterocycles. The lowest BCUT2D eigenvalue weighted by Crippen LogP contribution is -2.17. The topological polar surface area (TPSA) is 72.7 Å². The van der Waals surface area contributed by atoms with Crippen LogP contribution in [0.2, 0.25) is 0 Å². The molecule has 0 aliphatic heterocycles. The van der Waals surface area contributed by atoms with Crippen molar-refractivity contribution < 1.29 is 4.79 Å². The van der Waals surface area contributed by atoms with Crippen LogP contribution in [0.5, 0.6) is 0 Å². The van der Waals surface area contributed by atoms with E-state index in [4.69, 9.17) is 0 Å². The predicted octanol–water partition coefficient (Wildman–Crippen LogP) is 4.74. The van der Waals surface area contributed by atoms with Gasteiger partial charge >= 0.3 is 0 Å². The standard InChI is InChI=1S/C19H23N5OS2/c1-12-8-9-15-16(10-12)27-18(20-15)21-17(25)11-26-19-23-22-13(2)24(19)14-6-4-3-5-7-14/h8-10,14H,3-7,11H2,1-2H3,(H,20,21,25). The number of rotatable bonds is 5. The molecule has 1 aliphatic rings. The fourth-order valence-corrected chi connectivity index (χ4v) is 5.41. The number of nitrogens with one attached hydrogen (secondary N) is 1. The van der Waals surface area contributed by atoms with Crippen LogP contribution in [0.3, 0.4) is 0 Å². The molecule has 1 aliphatic carbocycles. The summed E-state index contributed by atoms with van der Waals surface area (Å²) in [5.41, 5.74) is 2.11. The van der Waals surface area contributed by atoms with Crippen molar-refractivity contribution in [3.8, 4) is 0 Å². The van der Waals surface area contributed by atoms with Gasteiger partial charge in [-0.15, -0.1) is 10.2 Å². The molecule has 142 valence electrons. The largest absolute Gasteiger partial charge is 0.303 e. The molecule has 0 saturated heterocycles. The Morgan fingerprint density at radius 2 is 2.07 bits per heavy atom. The Morgan fingerprint density at radius 3 is 2.89 bits per heavy atom. The molecular weight excluding hydrogens is 378 g/mol. The van der Waals surface area contributed by atoms with Crippen LogP contribution in [0.25, 0.3) is 10.2 Å². The van der Waals surface area contributed by atoms with E-state index in [1.807, 2.05) is 19.1 Å². The molecule has 1 saturated carbocycles. The number of hydrogen-bond donors (Lipinski definition) is 1. The fraction of sp³-hybridized carbons (Fsp3) is 0.474. The Balaban J connectivity index is 1.40. The number of carbonyl (C=O) groups is 1. The zero-order valence-corrected chi connectivity index (χ0v) is 17.2. The van der Waals surface area contributed by atoms with Crippen LogP contribution in [0.4, 0.5) is 5.13 Å². The van der Waals surface area contributed by atoms with E-state index in [0.717, 1.165) is 21.2 Å². The third-order valence-electron chi connectivity index (χ3n) is 4.90. The van der Waals surface area contributed by atoms with Gasteiger partial charge in [0.05, 0.1) is 16.0 Å². The van der Waals surface area contributed by atoms with Gasteiger partial charge < -0.3 is 9.88 Å². The number of anilines is 1. The minimum absolute atomic E-state index is 0.0633. The molecule has 0 atom stereocenters. The highest BCUT2D eigenvalue weighted by atomic mass is 32.2. The smallest absolute Gasteiger partial charge is 0.236 e. The van der Waals surface area contributed by atoms with Crippen molar-refractivity contribution in [1.82, 2.24) is 19.7 Å². The average Bonchev–Trinajstić information content (AvgIpc) is 3.22. The van der Waals surface area contributed by atoms with Crippen molar-refractivity contribution in [2.24, 2.45) is 0 Å². The summed E-state index contributed by atoms with van der Waals surface area (Å²) < 4.78 is 3.31. The van der Waals surface area contributed by atoms with Gasteiger partial charge in [0, 0.05) is 6.04 Å². The Morgan fingerprint density at radius 1 is 1.26 bits per heavy atom. The van der Waals surface area contributed by atoms with Crippen molar-refractivity contribution in [3.05, 3.63) is 29.6 Å². The summed E-state index contributed by atoms with van der Waals surface area (Å²) in [5, 5.41) is 12.9. The van der Waals surface area contributed by atoms with E-state index in [0.29, 0.717) is 16.9 Å². The first kappa shape index (κ1) is 18.4. The maximum Gasteiger partial charge on any atom is 0.236 e. The van der Waals surface area contributed by atoms with Crippen LogP contribution in [-0.4, -0.2) is 31.4 Å². The molecule has 3 aromatic rings. The quantitative estimate of drug-likeness (QED) is 0.625. The molecule has 0 bridgehead atoms. The number of hydrogen-bond acceptors (Lipinski definition) is 6. The van der Waals surface area contributed by atoms with Crippen LogP contribution in [0.15, 0.2) is 23.4 Å². The molecule has 27 heavy (non-hydrogen) atoms. The molecule has 1 N–H and O–H groups in total. The normalized spacial score (nSPS) is 15.3. The molecule has 1 fully saturated rings. The highest BCUT2D eigenvalue weighted by Gasteiger charge is 2.22. The van der Waals surface area contributed by atoms with E-state index in [2.05, 4.69) is 38.1 Å². The summed E-state index contributed by atoms with van der Waals surface area (Å²) in [7, 11) is 0. The van der Waals surface area contributed by atoms with Gasteiger partial charge in [-0.3, -0.25) is 4.79 Å². The Kier molecular flexibility index (Phi) is 5.45. The lowest BCUT2D eigenvalue weighted by molar-refractivity contribution is -0.113. The van der Waals surface area contributed by atoms with Crippen molar-refractivity contribution in [2.45, 2.75) is 57.1 Å². The minimum Gasteiger partial charge on any atom is -0.303 e. The van der Waals surface area contributed by atoms with Gasteiger partial charge in [0.15, 0.2) is 10.3 Å². The first-order valence-electron chi connectivity index (χ1n) is 9.31. The summed E-state index contributed by atoms with van der Waals surface area (Å²) >= 11 is 2.96. The third-order valence-corrected chi connectivity index (χ3v) is 6.77. The molecule has 0 radical (unpaired) electrons. The van der Waals surface area contributed by atoms with Gasteiger partial charge in [-0.25, -0.2) is 4.98 Å². The Labute approximate surface area is 166 Å². The van der Waals surface area contributed by atoms with Gasteiger partial charge in [-0.1, -0.05) is 48.4 Å². The van der Waals surface area contributed by atoms with Crippen molar-refractivity contribution >= 4 is 44.4 Å². The van der Waals surface area contributed by atoms with Crippen LogP contribution >= 0.6 is 23.1 Å². The second kappa shape index (κ2) is 7.98. The van der Waals surface area contributed by atoms with Crippen molar-refractivity contribution in [3.63, 3.8) is 0 Å². The number of nitrogens with zero attached hydrogens (tertiary/aromatic N) is 4. The molecule has 1 amide bonds. The molecular formula is C19H23N5OS2. The van der Waals surface area contributed by atoms with E-state index in [1.54, 1.807) is 0 Å². The number of aromatic nitrogens is 4. The van der Waals surface area contributed by atoms with Crippen LogP contribution in [0, 0.1) is 13.8 Å². The summed E-state index contributed by atoms with van der Waals surface area (Å²) in [5.74, 6) is 1.18. The lowest BCUT2D eigenvalue weighted by atomic mass is 9.95. The van der Waals surface area contributed by atoms with Crippen LogP contribution in [-0.2, 0) is 4.79 Å². The number of benzene rings is 1. The van der Waals surface area contributed by atoms with E-state index >= 15 is 0 Å². The number of thiazole rings is 1. The van der Waals surface area contributed by atoms with Gasteiger partial charge in [-0.2, -0.15) is 0 Å². The Hall–Kier alpha value is -1.93. The van der Waals surface area contributed by atoms with Gasteiger partial charge in [0.1, 0.15) is 5.82 Å². The van der Waals surface area contributed by atoms with Gasteiger partial charge in [0.25, 0.3) is 0 Å². The molecule has 6 nitrogen and oxygen atoms in total. The number of aryl methyl sites for hydroxylation is 2. The molecule has 0 unspecified atom stereocenters. The van der Waals surface area contributed by atoms with E-state index in [1.165, 1.54) is 60.8 Å². The van der Waals surface area contributed by atoms with Crippen LogP contribution in [0.1, 0.15) is 49.5 Å². The van der Waals surface area contributed by atoms with Gasteiger partial charge in [-0.05, 0) is 44.4 Å². The first-order valence-corrected chi connectivity index (χ1v) is 11.1. The Bertz CT molecular complexity index is 958. The second-order valence-electron chi connectivity index (χ2n) is 7.02. The minimum atomic E-state index is -0.0633. The highest BCUT2D eigenvalue weighted by molar-refractivity contribution is 7.99.